The summed E-state index contributed by atoms with van der Waals surface area (Å²) in [5.41, 5.74) is -0.469. The van der Waals surface area contributed by atoms with Crippen LogP contribution in [-0.2, 0) is 16.0 Å². The standard InChI is InChI=1S/C22H31N5O7/c1-6-7-12-31-14(2)18(24-21(29)34-22(3,4)5)19-26-25-17(33-19)13-23-20(28)32-16-10-8-15(27-30)9-11-16/h8-11,14,18H,6-7,12-13H2,1-5H3,(H,23,28)(H,24,29). The topological polar surface area (TPSA) is 154 Å². The van der Waals surface area contributed by atoms with Crippen LogP contribution in [-0.4, -0.2) is 40.7 Å². The lowest BCUT2D eigenvalue weighted by Gasteiger charge is -2.25. The molecule has 2 N–H and O–H groups in total. The number of aromatic nitrogens is 2. The van der Waals surface area contributed by atoms with E-state index in [2.05, 4.69) is 26.0 Å². The molecule has 0 saturated carbocycles. The average Bonchev–Trinajstić information content (AvgIpc) is 3.24. The first-order valence-electron chi connectivity index (χ1n) is 10.9. The zero-order chi connectivity index (χ0) is 25.1. The number of nitroso groups, excluding NO2 is 1. The molecule has 2 amide bonds. The van der Waals surface area contributed by atoms with Gasteiger partial charge in [0.25, 0.3) is 0 Å². The van der Waals surface area contributed by atoms with E-state index in [1.165, 1.54) is 24.3 Å². The molecule has 34 heavy (non-hydrogen) atoms. The maximum atomic E-state index is 12.3. The SMILES string of the molecule is CCCCOC(C)C(NC(=O)OC(C)(C)C)c1nnc(CNC(=O)Oc2ccc(N=O)cc2)o1. The van der Waals surface area contributed by atoms with E-state index in [-0.39, 0.29) is 29.8 Å². The predicted molar refractivity (Wildman–Crippen MR) is 121 cm³/mol. The van der Waals surface area contributed by atoms with Gasteiger partial charge in [0.2, 0.25) is 11.8 Å². The summed E-state index contributed by atoms with van der Waals surface area (Å²) in [6.07, 6.45) is -0.0680. The van der Waals surface area contributed by atoms with Crippen LogP contribution in [0, 0.1) is 4.91 Å². The van der Waals surface area contributed by atoms with Crippen LogP contribution >= 0.6 is 0 Å². The van der Waals surface area contributed by atoms with E-state index in [4.69, 9.17) is 18.6 Å². The summed E-state index contributed by atoms with van der Waals surface area (Å²) in [5, 5.41) is 15.9. The highest BCUT2D eigenvalue weighted by molar-refractivity contribution is 5.70. The van der Waals surface area contributed by atoms with Crippen molar-refractivity contribution in [3.63, 3.8) is 0 Å². The molecule has 0 aliphatic heterocycles. The van der Waals surface area contributed by atoms with Gasteiger partial charge in [-0.25, -0.2) is 9.59 Å². The van der Waals surface area contributed by atoms with Crippen molar-refractivity contribution in [3.05, 3.63) is 41.0 Å². The van der Waals surface area contributed by atoms with Crippen LogP contribution in [0.2, 0.25) is 0 Å². The minimum atomic E-state index is -0.759. The molecule has 12 nitrogen and oxygen atoms in total. The summed E-state index contributed by atoms with van der Waals surface area (Å²) in [7, 11) is 0. The molecule has 0 bridgehead atoms. The number of amides is 2. The van der Waals surface area contributed by atoms with E-state index in [1.807, 2.05) is 6.92 Å². The van der Waals surface area contributed by atoms with Crippen LogP contribution in [0.5, 0.6) is 5.75 Å². The van der Waals surface area contributed by atoms with Crippen LogP contribution < -0.4 is 15.4 Å². The molecule has 2 unspecified atom stereocenters. The number of hydrogen-bond acceptors (Lipinski definition) is 10. The second kappa shape index (κ2) is 12.6. The van der Waals surface area contributed by atoms with E-state index < -0.39 is 29.9 Å². The predicted octanol–water partition coefficient (Wildman–Crippen LogP) is 4.53. The number of rotatable bonds is 11. The molecule has 0 radical (unpaired) electrons. The Morgan fingerprint density at radius 3 is 2.47 bits per heavy atom. The van der Waals surface area contributed by atoms with Crippen LogP contribution in [0.4, 0.5) is 15.3 Å². The number of carbonyl (C=O) groups excluding carboxylic acids is 2. The van der Waals surface area contributed by atoms with Crippen LogP contribution in [0.25, 0.3) is 0 Å². The smallest absolute Gasteiger partial charge is 0.413 e. The third-order valence-electron chi connectivity index (χ3n) is 4.31. The molecule has 12 heteroatoms. The first-order chi connectivity index (χ1) is 16.1. The third kappa shape index (κ3) is 9.14. The van der Waals surface area contributed by atoms with Gasteiger partial charge in [-0.15, -0.1) is 15.1 Å². The lowest BCUT2D eigenvalue weighted by atomic mass is 10.1. The Hall–Kier alpha value is -3.54. The maximum absolute atomic E-state index is 12.3. The van der Waals surface area contributed by atoms with Crippen molar-refractivity contribution in [2.45, 2.75) is 71.8 Å². The van der Waals surface area contributed by atoms with E-state index in [0.717, 1.165) is 12.8 Å². The fourth-order valence-corrected chi connectivity index (χ4v) is 2.65. The van der Waals surface area contributed by atoms with Crippen molar-refractivity contribution in [2.24, 2.45) is 5.18 Å². The van der Waals surface area contributed by atoms with E-state index in [0.29, 0.717) is 6.61 Å². The lowest BCUT2D eigenvalue weighted by Crippen LogP contribution is -2.40. The van der Waals surface area contributed by atoms with Gasteiger partial charge in [-0.05, 0) is 63.6 Å². The number of ether oxygens (including phenoxy) is 3. The second-order valence-electron chi connectivity index (χ2n) is 8.42. The monoisotopic (exact) mass is 477 g/mol. The average molecular weight is 478 g/mol. The normalized spacial score (nSPS) is 13.0. The fraction of sp³-hybridized carbons (Fsp3) is 0.545. The van der Waals surface area contributed by atoms with Gasteiger partial charge in [0, 0.05) is 6.61 Å². The maximum Gasteiger partial charge on any atom is 0.413 e. The summed E-state index contributed by atoms with van der Waals surface area (Å²) >= 11 is 0. The third-order valence-corrected chi connectivity index (χ3v) is 4.31. The summed E-state index contributed by atoms with van der Waals surface area (Å²) < 4.78 is 21.9. The summed E-state index contributed by atoms with van der Waals surface area (Å²) in [6, 6.07) is 4.95. The largest absolute Gasteiger partial charge is 0.444 e. The van der Waals surface area contributed by atoms with Gasteiger partial charge in [-0.2, -0.15) is 0 Å². The van der Waals surface area contributed by atoms with E-state index >= 15 is 0 Å². The molecule has 1 aromatic heterocycles. The Kier molecular flexibility index (Phi) is 9.92. The van der Waals surface area contributed by atoms with Gasteiger partial charge in [0.05, 0.1) is 12.6 Å². The zero-order valence-corrected chi connectivity index (χ0v) is 20.0. The van der Waals surface area contributed by atoms with Gasteiger partial charge < -0.3 is 29.3 Å². The van der Waals surface area contributed by atoms with Gasteiger partial charge >= 0.3 is 12.2 Å². The minimum Gasteiger partial charge on any atom is -0.444 e. The Bertz CT molecular complexity index is 940. The minimum absolute atomic E-state index is 0.101. The van der Waals surface area contributed by atoms with Crippen molar-refractivity contribution in [2.75, 3.05) is 6.61 Å². The van der Waals surface area contributed by atoms with Crippen LogP contribution in [0.3, 0.4) is 0 Å². The van der Waals surface area contributed by atoms with Gasteiger partial charge in [0.15, 0.2) is 0 Å². The Morgan fingerprint density at radius 1 is 1.15 bits per heavy atom. The molecular weight excluding hydrogens is 446 g/mol. The first kappa shape index (κ1) is 26.7. The quantitative estimate of drug-likeness (QED) is 0.351. The number of nitrogens with one attached hydrogen (secondary N) is 2. The number of nitrogens with zero attached hydrogens (tertiary/aromatic N) is 3. The Balaban J connectivity index is 2.00. The van der Waals surface area contributed by atoms with Crippen molar-refractivity contribution in [1.29, 1.82) is 0 Å². The fourth-order valence-electron chi connectivity index (χ4n) is 2.65. The van der Waals surface area contributed by atoms with Gasteiger partial charge in [-0.1, -0.05) is 13.3 Å². The van der Waals surface area contributed by atoms with E-state index in [9.17, 15) is 14.5 Å². The molecule has 0 saturated heterocycles. The van der Waals surface area contributed by atoms with Crippen molar-refractivity contribution < 1.29 is 28.2 Å². The van der Waals surface area contributed by atoms with Crippen LogP contribution in [0.1, 0.15) is 65.3 Å². The molecule has 2 aromatic rings. The highest BCUT2D eigenvalue weighted by Gasteiger charge is 2.30. The molecule has 0 aliphatic rings. The summed E-state index contributed by atoms with van der Waals surface area (Å²) in [4.78, 5) is 34.8. The number of alkyl carbamates (subject to hydrolysis) is 1. The summed E-state index contributed by atoms with van der Waals surface area (Å²) in [5.74, 6) is 0.442. The number of benzene rings is 1. The second-order valence-corrected chi connectivity index (χ2v) is 8.42. The molecular formula is C22H31N5O7. The molecule has 1 heterocycles. The van der Waals surface area contributed by atoms with Crippen molar-refractivity contribution >= 4 is 17.9 Å². The molecule has 0 spiro atoms. The summed E-state index contributed by atoms with van der Waals surface area (Å²) in [6.45, 7) is 9.49. The number of hydrogen-bond donors (Lipinski definition) is 2. The van der Waals surface area contributed by atoms with Crippen LogP contribution in [0.15, 0.2) is 33.9 Å². The molecule has 2 rings (SSSR count). The van der Waals surface area contributed by atoms with Crippen molar-refractivity contribution in [3.8, 4) is 5.75 Å². The lowest BCUT2D eigenvalue weighted by molar-refractivity contribution is 0.0151. The highest BCUT2D eigenvalue weighted by atomic mass is 16.6. The molecule has 0 aliphatic carbocycles. The number of carbonyl (C=O) groups is 2. The molecule has 186 valence electrons. The molecule has 2 atom stereocenters. The highest BCUT2D eigenvalue weighted by Crippen LogP contribution is 2.21. The van der Waals surface area contributed by atoms with E-state index in [1.54, 1.807) is 27.7 Å². The number of unbranched alkanes of at least 4 members (excludes halogenated alkanes) is 1. The first-order valence-corrected chi connectivity index (χ1v) is 10.9. The molecule has 1 aromatic carbocycles. The Labute approximate surface area is 197 Å². The van der Waals surface area contributed by atoms with Crippen molar-refractivity contribution in [1.82, 2.24) is 20.8 Å². The van der Waals surface area contributed by atoms with Gasteiger partial charge in [-0.3, -0.25) is 0 Å². The van der Waals surface area contributed by atoms with Gasteiger partial charge in [0.1, 0.15) is 23.1 Å². The molecule has 0 fully saturated rings. The zero-order valence-electron chi connectivity index (χ0n) is 20.0. The Morgan fingerprint density at radius 2 is 1.85 bits per heavy atom.